The van der Waals surface area contributed by atoms with Crippen LogP contribution in [0, 0.1) is 6.92 Å². The van der Waals surface area contributed by atoms with Crippen LogP contribution in [0.5, 0.6) is 0 Å². The largest absolute Gasteiger partial charge is 0.396 e. The third-order valence-electron chi connectivity index (χ3n) is 3.75. The summed E-state index contributed by atoms with van der Waals surface area (Å²) in [5, 5.41) is 0. The Bertz CT molecular complexity index is 574. The quantitative estimate of drug-likeness (QED) is 0.907. The standard InChI is InChI=1S/C16H20N4/c1-13-7-8-15(17)16(18-13)20-11-9-19(10-12-20)14-5-3-2-4-6-14/h2-8H,9-12,17H2,1H3. The van der Waals surface area contributed by atoms with Gasteiger partial charge in [-0.15, -0.1) is 0 Å². The highest BCUT2D eigenvalue weighted by Gasteiger charge is 2.19. The van der Waals surface area contributed by atoms with Crippen LogP contribution in [-0.2, 0) is 0 Å². The number of pyridine rings is 1. The number of hydrogen-bond acceptors (Lipinski definition) is 4. The van der Waals surface area contributed by atoms with Gasteiger partial charge in [0, 0.05) is 37.6 Å². The van der Waals surface area contributed by atoms with Gasteiger partial charge in [0.25, 0.3) is 0 Å². The van der Waals surface area contributed by atoms with Crippen molar-refractivity contribution in [1.29, 1.82) is 0 Å². The van der Waals surface area contributed by atoms with Crippen LogP contribution in [-0.4, -0.2) is 31.2 Å². The molecule has 0 aliphatic carbocycles. The Kier molecular flexibility index (Phi) is 3.46. The highest BCUT2D eigenvalue weighted by Crippen LogP contribution is 2.23. The zero-order chi connectivity index (χ0) is 13.9. The fourth-order valence-electron chi connectivity index (χ4n) is 2.62. The topological polar surface area (TPSA) is 45.4 Å². The number of anilines is 3. The van der Waals surface area contributed by atoms with E-state index in [4.69, 9.17) is 5.73 Å². The molecule has 2 N–H and O–H groups in total. The molecule has 20 heavy (non-hydrogen) atoms. The van der Waals surface area contributed by atoms with Gasteiger partial charge in [-0.25, -0.2) is 4.98 Å². The number of aryl methyl sites for hydroxylation is 1. The van der Waals surface area contributed by atoms with Crippen molar-refractivity contribution in [2.45, 2.75) is 6.92 Å². The minimum absolute atomic E-state index is 0.767. The second kappa shape index (κ2) is 5.41. The molecule has 4 heteroatoms. The highest BCUT2D eigenvalue weighted by molar-refractivity contribution is 5.63. The summed E-state index contributed by atoms with van der Waals surface area (Å²) in [6, 6.07) is 14.4. The highest BCUT2D eigenvalue weighted by atomic mass is 15.3. The number of nitrogens with two attached hydrogens (primary N) is 1. The van der Waals surface area contributed by atoms with Crippen molar-refractivity contribution in [1.82, 2.24) is 4.98 Å². The molecule has 2 heterocycles. The molecule has 1 fully saturated rings. The van der Waals surface area contributed by atoms with Gasteiger partial charge in [-0.1, -0.05) is 18.2 Å². The normalized spacial score (nSPS) is 15.4. The first kappa shape index (κ1) is 12.8. The number of piperazine rings is 1. The van der Waals surface area contributed by atoms with Crippen LogP contribution in [0.1, 0.15) is 5.69 Å². The van der Waals surface area contributed by atoms with Crippen LogP contribution in [0.3, 0.4) is 0 Å². The summed E-state index contributed by atoms with van der Waals surface area (Å²) in [6.45, 7) is 5.91. The molecule has 0 unspecified atom stereocenters. The number of nitrogen functional groups attached to an aromatic ring is 1. The Morgan fingerprint density at radius 1 is 0.900 bits per heavy atom. The lowest BCUT2D eigenvalue weighted by molar-refractivity contribution is 0.647. The number of para-hydroxylation sites is 1. The zero-order valence-corrected chi connectivity index (χ0v) is 11.8. The Balaban J connectivity index is 1.71. The third-order valence-corrected chi connectivity index (χ3v) is 3.75. The second-order valence-electron chi connectivity index (χ2n) is 5.18. The maximum Gasteiger partial charge on any atom is 0.152 e. The molecular formula is C16H20N4. The van der Waals surface area contributed by atoms with E-state index in [1.807, 2.05) is 19.1 Å². The Hall–Kier alpha value is -2.23. The summed E-state index contributed by atoms with van der Waals surface area (Å²) in [7, 11) is 0. The SMILES string of the molecule is Cc1ccc(N)c(N2CCN(c3ccccc3)CC2)n1. The summed E-state index contributed by atoms with van der Waals surface area (Å²) in [6.07, 6.45) is 0. The van der Waals surface area contributed by atoms with E-state index >= 15 is 0 Å². The van der Waals surface area contributed by atoms with Gasteiger partial charge >= 0.3 is 0 Å². The minimum atomic E-state index is 0.767. The number of hydrogen-bond donors (Lipinski definition) is 1. The van der Waals surface area contributed by atoms with Gasteiger partial charge in [-0.2, -0.15) is 0 Å². The van der Waals surface area contributed by atoms with Crippen molar-refractivity contribution >= 4 is 17.2 Å². The molecular weight excluding hydrogens is 248 g/mol. The summed E-state index contributed by atoms with van der Waals surface area (Å²) in [5.41, 5.74) is 9.12. The smallest absolute Gasteiger partial charge is 0.152 e. The van der Waals surface area contributed by atoms with Crippen molar-refractivity contribution in [2.24, 2.45) is 0 Å². The van der Waals surface area contributed by atoms with E-state index in [2.05, 4.69) is 45.1 Å². The lowest BCUT2D eigenvalue weighted by Gasteiger charge is -2.37. The van der Waals surface area contributed by atoms with Crippen molar-refractivity contribution in [3.05, 3.63) is 48.2 Å². The van der Waals surface area contributed by atoms with Crippen molar-refractivity contribution in [2.75, 3.05) is 41.7 Å². The lowest BCUT2D eigenvalue weighted by atomic mass is 10.2. The van der Waals surface area contributed by atoms with E-state index in [1.54, 1.807) is 0 Å². The average molecular weight is 268 g/mol. The van der Waals surface area contributed by atoms with Crippen LogP contribution in [0.2, 0.25) is 0 Å². The van der Waals surface area contributed by atoms with Crippen molar-refractivity contribution in [3.63, 3.8) is 0 Å². The Morgan fingerprint density at radius 3 is 2.25 bits per heavy atom. The van der Waals surface area contributed by atoms with E-state index in [0.29, 0.717) is 0 Å². The predicted molar refractivity (Wildman–Crippen MR) is 84.3 cm³/mol. The van der Waals surface area contributed by atoms with E-state index in [-0.39, 0.29) is 0 Å². The summed E-state index contributed by atoms with van der Waals surface area (Å²) < 4.78 is 0. The Labute approximate surface area is 119 Å². The van der Waals surface area contributed by atoms with Gasteiger partial charge in [0.2, 0.25) is 0 Å². The van der Waals surface area contributed by atoms with Gasteiger partial charge < -0.3 is 15.5 Å². The second-order valence-corrected chi connectivity index (χ2v) is 5.18. The monoisotopic (exact) mass is 268 g/mol. The molecule has 0 radical (unpaired) electrons. The van der Waals surface area contributed by atoms with Gasteiger partial charge in [-0.3, -0.25) is 0 Å². The lowest BCUT2D eigenvalue weighted by Crippen LogP contribution is -2.47. The molecule has 1 aromatic carbocycles. The number of benzene rings is 1. The molecule has 3 rings (SSSR count). The number of nitrogens with zero attached hydrogens (tertiary/aromatic N) is 3. The van der Waals surface area contributed by atoms with Crippen LogP contribution < -0.4 is 15.5 Å². The van der Waals surface area contributed by atoms with Gasteiger partial charge in [-0.05, 0) is 31.2 Å². The molecule has 4 nitrogen and oxygen atoms in total. The molecule has 0 saturated carbocycles. The number of aromatic nitrogens is 1. The van der Waals surface area contributed by atoms with E-state index in [9.17, 15) is 0 Å². The fraction of sp³-hybridized carbons (Fsp3) is 0.312. The number of rotatable bonds is 2. The average Bonchev–Trinajstić information content (AvgIpc) is 2.51. The van der Waals surface area contributed by atoms with E-state index < -0.39 is 0 Å². The van der Waals surface area contributed by atoms with Crippen molar-refractivity contribution in [3.8, 4) is 0 Å². The van der Waals surface area contributed by atoms with E-state index in [1.165, 1.54) is 5.69 Å². The molecule has 0 spiro atoms. The van der Waals surface area contributed by atoms with Crippen LogP contribution in [0.4, 0.5) is 17.2 Å². The molecule has 1 saturated heterocycles. The minimum Gasteiger partial charge on any atom is -0.396 e. The summed E-state index contributed by atoms with van der Waals surface area (Å²) in [4.78, 5) is 9.26. The van der Waals surface area contributed by atoms with Gasteiger partial charge in [0.1, 0.15) is 0 Å². The zero-order valence-electron chi connectivity index (χ0n) is 11.8. The molecule has 104 valence electrons. The molecule has 0 amide bonds. The third kappa shape index (κ3) is 2.54. The molecule has 0 bridgehead atoms. The summed E-state index contributed by atoms with van der Waals surface area (Å²) >= 11 is 0. The molecule has 0 atom stereocenters. The van der Waals surface area contributed by atoms with Crippen LogP contribution in [0.15, 0.2) is 42.5 Å². The molecule has 2 aromatic rings. The predicted octanol–water partition coefficient (Wildman–Crippen LogP) is 2.30. The molecule has 1 aliphatic heterocycles. The van der Waals surface area contributed by atoms with Gasteiger partial charge in [0.05, 0.1) is 5.69 Å². The van der Waals surface area contributed by atoms with Gasteiger partial charge in [0.15, 0.2) is 5.82 Å². The summed E-state index contributed by atoms with van der Waals surface area (Å²) in [5.74, 6) is 0.928. The van der Waals surface area contributed by atoms with E-state index in [0.717, 1.165) is 43.4 Å². The fourth-order valence-corrected chi connectivity index (χ4v) is 2.62. The van der Waals surface area contributed by atoms with Crippen LogP contribution in [0.25, 0.3) is 0 Å². The van der Waals surface area contributed by atoms with Crippen molar-refractivity contribution < 1.29 is 0 Å². The first-order valence-electron chi connectivity index (χ1n) is 7.02. The Morgan fingerprint density at radius 2 is 1.55 bits per heavy atom. The van der Waals surface area contributed by atoms with Crippen LogP contribution >= 0.6 is 0 Å². The first-order valence-corrected chi connectivity index (χ1v) is 7.02. The maximum absolute atomic E-state index is 6.05. The first-order chi connectivity index (χ1) is 9.74. The molecule has 1 aromatic heterocycles. The maximum atomic E-state index is 6.05. The molecule has 1 aliphatic rings.